The number of benzene rings is 2. The van der Waals surface area contributed by atoms with E-state index in [1.807, 2.05) is 22.2 Å². The Morgan fingerprint density at radius 1 is 0.683 bits per heavy atom. The Balaban J connectivity index is 0.00000294. The molecule has 0 amide bonds. The van der Waals surface area contributed by atoms with Crippen molar-refractivity contribution in [3.05, 3.63) is 61.2 Å². The highest BCUT2D eigenvalue weighted by atomic mass is 35.5. The van der Waals surface area contributed by atoms with Crippen molar-refractivity contribution in [1.82, 2.24) is 19.8 Å². The average molecular weight is 610 g/mol. The van der Waals surface area contributed by atoms with Gasteiger partial charge in [-0.2, -0.15) is 0 Å². The van der Waals surface area contributed by atoms with Gasteiger partial charge in [0.1, 0.15) is 34.7 Å². The zero-order chi connectivity index (χ0) is 27.8. The molecular weight excluding hydrogens is 571 g/mol. The molecule has 2 heterocycles. The highest BCUT2D eigenvalue weighted by Gasteiger charge is 2.38. The summed E-state index contributed by atoms with van der Waals surface area (Å²) in [7, 11) is 0. The molecule has 2 unspecified atom stereocenters. The number of alkyl halides is 2. The predicted molar refractivity (Wildman–Crippen MR) is 168 cm³/mol. The van der Waals surface area contributed by atoms with Crippen LogP contribution in [0.3, 0.4) is 0 Å². The highest BCUT2D eigenvalue weighted by molar-refractivity contribution is 6.35. The van der Waals surface area contributed by atoms with Crippen molar-refractivity contribution in [3.8, 4) is 11.5 Å². The molecule has 41 heavy (non-hydrogen) atoms. The van der Waals surface area contributed by atoms with E-state index in [-0.39, 0.29) is 11.0 Å². The number of halogens is 2. The van der Waals surface area contributed by atoms with E-state index >= 15 is 0 Å². The summed E-state index contributed by atoms with van der Waals surface area (Å²) in [5.41, 5.74) is 25.8. The van der Waals surface area contributed by atoms with Gasteiger partial charge in [-0.25, -0.2) is 9.80 Å². The van der Waals surface area contributed by atoms with Crippen LogP contribution in [0, 0.1) is 0 Å². The maximum atomic E-state index is 6.78. The Labute approximate surface area is 249 Å². The number of amidine groups is 2. The van der Waals surface area contributed by atoms with E-state index in [4.69, 9.17) is 55.6 Å². The molecule has 2 radical (unpaired) electrons. The van der Waals surface area contributed by atoms with Gasteiger partial charge in [0, 0.05) is 42.8 Å². The van der Waals surface area contributed by atoms with Crippen LogP contribution in [0.15, 0.2) is 61.2 Å². The molecule has 12 nitrogen and oxygen atoms in total. The van der Waals surface area contributed by atoms with Crippen LogP contribution >= 0.6 is 23.2 Å². The fourth-order valence-corrected chi connectivity index (χ4v) is 4.97. The van der Waals surface area contributed by atoms with Crippen LogP contribution in [0.2, 0.25) is 0 Å². The molecule has 2 aliphatic heterocycles. The summed E-state index contributed by atoms with van der Waals surface area (Å²) < 4.78 is 11.6. The van der Waals surface area contributed by atoms with Crippen molar-refractivity contribution >= 4 is 57.6 Å². The smallest absolute Gasteiger partial charge is 0.316 e. The number of ether oxygens (including phenoxy) is 2. The van der Waals surface area contributed by atoms with Gasteiger partial charge in [0.15, 0.2) is 12.4 Å². The third-order valence-electron chi connectivity index (χ3n) is 6.15. The van der Waals surface area contributed by atoms with Gasteiger partial charge < -0.3 is 43.4 Å². The predicted octanol–water partition coefficient (Wildman–Crippen LogP) is 1.25. The summed E-state index contributed by atoms with van der Waals surface area (Å²) in [6, 6.07) is 10.4. The normalized spacial score (nSPS) is 15.1. The van der Waals surface area contributed by atoms with E-state index in [1.165, 1.54) is 0 Å². The molecular formula is C27H38Cl2N8O4+2. The number of aliphatic imine (C=N–C) groups is 2. The molecule has 222 valence electrons. The zero-order valence-corrected chi connectivity index (χ0v) is 24.1. The van der Waals surface area contributed by atoms with Crippen molar-refractivity contribution in [2.75, 3.05) is 49.2 Å². The fourth-order valence-electron chi connectivity index (χ4n) is 4.16. The molecule has 2 aromatic carbocycles. The molecule has 0 saturated carbocycles. The fraction of sp³-hybridized carbons (Fsp3) is 0.333. The van der Waals surface area contributed by atoms with Gasteiger partial charge >= 0.3 is 11.7 Å². The molecule has 0 spiro atoms. The van der Waals surface area contributed by atoms with Crippen molar-refractivity contribution in [2.24, 2.45) is 0 Å². The monoisotopic (exact) mass is 608 g/mol. The summed E-state index contributed by atoms with van der Waals surface area (Å²) in [6.45, 7) is 2.31. The summed E-state index contributed by atoms with van der Waals surface area (Å²) in [5.74, 6) is 2.66. The molecule has 0 fully saturated rings. The van der Waals surface area contributed by atoms with Gasteiger partial charge in [-0.05, 0) is 34.3 Å². The first-order chi connectivity index (χ1) is 18.8. The molecule has 0 bridgehead atoms. The lowest BCUT2D eigenvalue weighted by molar-refractivity contribution is 0.300. The van der Waals surface area contributed by atoms with Crippen molar-refractivity contribution < 1.29 is 20.4 Å². The van der Waals surface area contributed by atoms with Crippen molar-refractivity contribution in [1.29, 1.82) is 0 Å². The molecule has 2 aliphatic rings. The van der Waals surface area contributed by atoms with E-state index in [0.29, 0.717) is 67.0 Å². The summed E-state index contributed by atoms with van der Waals surface area (Å²) in [5, 5.41) is -0.791. The number of hydrogen-bond acceptors (Lipinski definition) is 10. The van der Waals surface area contributed by atoms with E-state index in [2.05, 4.69) is 9.98 Å². The lowest BCUT2D eigenvalue weighted by atomic mass is 10.1. The van der Waals surface area contributed by atoms with Crippen LogP contribution in [0.25, 0.3) is 0 Å². The molecule has 12 N–H and O–H groups in total. The second kappa shape index (κ2) is 15.8. The Kier molecular flexibility index (Phi) is 12.9. The number of nitrogens with zero attached hydrogens (tertiary/aromatic N) is 4. The maximum Gasteiger partial charge on any atom is 0.316 e. The second-order valence-corrected chi connectivity index (χ2v) is 10.2. The summed E-state index contributed by atoms with van der Waals surface area (Å²) in [6.07, 6.45) is 9.20. The van der Waals surface area contributed by atoms with Crippen LogP contribution < -0.4 is 42.4 Å². The maximum absolute atomic E-state index is 6.78. The number of nitrogens with two attached hydrogens (primary N) is 4. The summed E-state index contributed by atoms with van der Waals surface area (Å²) >= 11 is 13.6. The quantitative estimate of drug-likeness (QED) is 0.138. The summed E-state index contributed by atoms with van der Waals surface area (Å²) in [4.78, 5) is 13.0. The average Bonchev–Trinajstić information content (AvgIpc) is 3.58. The minimum absolute atomic E-state index is 0. The first-order valence-corrected chi connectivity index (χ1v) is 13.5. The van der Waals surface area contributed by atoms with Gasteiger partial charge in [0.2, 0.25) is 0 Å². The topological polar surface area (TPSA) is 220 Å². The number of rotatable bonds is 14. The van der Waals surface area contributed by atoms with Gasteiger partial charge in [-0.3, -0.25) is 0 Å². The number of anilines is 4. The standard InChI is InChI=1S/C27H34Cl2N8O2.2H2O/c28-20(26-34-7-11-36(26)9-1-13-38-24-15-18(30)3-5-22(24)32)17-21(29)27-35-8-12-37(27)10-2-14-39-25-16-19(31)4-6-23(25)33;;/h3-8,11-12,15-16,20-21H,1-2,9-10,13-14,17,30-33H2;2*1H2/q+2;;. The van der Waals surface area contributed by atoms with Crippen LogP contribution in [0.5, 0.6) is 11.5 Å². The van der Waals surface area contributed by atoms with Crippen LogP contribution in [0.4, 0.5) is 22.7 Å². The third-order valence-corrected chi connectivity index (χ3v) is 6.89. The minimum Gasteiger partial charge on any atom is -0.491 e. The molecule has 0 aromatic heterocycles. The number of nitrogen functional groups attached to an aromatic ring is 4. The second-order valence-electron chi connectivity index (χ2n) is 9.13. The molecule has 2 aromatic rings. The molecule has 0 saturated heterocycles. The third kappa shape index (κ3) is 9.08. The zero-order valence-electron chi connectivity index (χ0n) is 22.5. The highest BCUT2D eigenvalue weighted by Crippen LogP contribution is 2.25. The number of hydrogen-bond donors (Lipinski definition) is 4. The SMILES string of the molecule is Nc1ccc(N)c(OCCCN2C=C[N+]=C2C(Cl)CC(Cl)C2=[N+]C=CN2CCCOc2cc(N)ccc2N)c1.O.O. The molecule has 0 aliphatic carbocycles. The molecule has 14 heteroatoms. The van der Waals surface area contributed by atoms with Crippen molar-refractivity contribution in [2.45, 2.75) is 30.0 Å². The Morgan fingerprint density at radius 2 is 1.10 bits per heavy atom. The Morgan fingerprint density at radius 3 is 1.51 bits per heavy atom. The van der Waals surface area contributed by atoms with Gasteiger partial charge in [-0.15, -0.1) is 23.2 Å². The first-order valence-electron chi connectivity index (χ1n) is 12.7. The largest absolute Gasteiger partial charge is 0.491 e. The van der Waals surface area contributed by atoms with Crippen LogP contribution in [-0.4, -0.2) is 69.5 Å². The Hall–Kier alpha value is -3.84. The van der Waals surface area contributed by atoms with E-state index in [9.17, 15) is 0 Å². The van der Waals surface area contributed by atoms with Crippen LogP contribution in [0.1, 0.15) is 19.3 Å². The van der Waals surface area contributed by atoms with E-state index in [1.54, 1.807) is 48.8 Å². The molecule has 4 rings (SSSR count). The first kappa shape index (κ1) is 33.4. The van der Waals surface area contributed by atoms with E-state index in [0.717, 1.165) is 24.5 Å². The van der Waals surface area contributed by atoms with Crippen LogP contribution in [-0.2, 0) is 0 Å². The molecule has 2 atom stereocenters. The van der Waals surface area contributed by atoms with E-state index < -0.39 is 10.8 Å². The van der Waals surface area contributed by atoms with Gasteiger partial charge in [-0.1, -0.05) is 0 Å². The minimum atomic E-state index is -0.395. The lowest BCUT2D eigenvalue weighted by Crippen LogP contribution is -2.39. The van der Waals surface area contributed by atoms with Gasteiger partial charge in [0.05, 0.1) is 37.7 Å². The lowest BCUT2D eigenvalue weighted by Gasteiger charge is -2.17. The Bertz CT molecular complexity index is 1180. The van der Waals surface area contributed by atoms with Crippen molar-refractivity contribution in [3.63, 3.8) is 0 Å². The van der Waals surface area contributed by atoms with Gasteiger partial charge in [0.25, 0.3) is 0 Å².